The van der Waals surface area contributed by atoms with Crippen LogP contribution in [-0.2, 0) is 14.3 Å². The Bertz CT molecular complexity index is 279. The van der Waals surface area contributed by atoms with Crippen LogP contribution in [0, 0.1) is 5.92 Å². The van der Waals surface area contributed by atoms with E-state index in [1.165, 1.54) is 0 Å². The first-order valence-corrected chi connectivity index (χ1v) is 6.24. The molecular weight excluding hydrogens is 220 g/mol. The van der Waals surface area contributed by atoms with Gasteiger partial charge in [0.15, 0.2) is 0 Å². The van der Waals surface area contributed by atoms with E-state index in [0.717, 1.165) is 39.2 Å². The van der Waals surface area contributed by atoms with Crippen molar-refractivity contribution in [1.82, 2.24) is 10.2 Å². The fraction of sp³-hybridized carbons (Fsp3) is 0.917. The van der Waals surface area contributed by atoms with Gasteiger partial charge in [-0.15, -0.1) is 0 Å². The van der Waals surface area contributed by atoms with Crippen LogP contribution in [-0.4, -0.2) is 62.9 Å². The number of carbonyl (C=O) groups is 1. The highest BCUT2D eigenvalue weighted by Gasteiger charge is 2.34. The largest absolute Gasteiger partial charge is 0.384 e. The third kappa shape index (κ3) is 3.18. The average Bonchev–Trinajstić information content (AvgIpc) is 2.72. The first-order valence-electron chi connectivity index (χ1n) is 6.24. The normalized spacial score (nSPS) is 26.9. The lowest BCUT2D eigenvalue weighted by Gasteiger charge is -2.39. The quantitative estimate of drug-likeness (QED) is 0.729. The molecule has 2 saturated heterocycles. The average molecular weight is 242 g/mol. The molecule has 5 heteroatoms. The van der Waals surface area contributed by atoms with E-state index in [1.54, 1.807) is 7.11 Å². The summed E-state index contributed by atoms with van der Waals surface area (Å²) in [5, 5.41) is 3.15. The van der Waals surface area contributed by atoms with Gasteiger partial charge >= 0.3 is 0 Å². The number of nitrogens with zero attached hydrogens (tertiary/aromatic N) is 1. The van der Waals surface area contributed by atoms with Crippen molar-refractivity contribution >= 4 is 5.91 Å². The second-order valence-electron chi connectivity index (χ2n) is 5.29. The molecule has 1 unspecified atom stereocenters. The van der Waals surface area contributed by atoms with Crippen molar-refractivity contribution in [2.75, 3.05) is 46.5 Å². The van der Waals surface area contributed by atoms with Crippen LogP contribution in [0.1, 0.15) is 13.3 Å². The molecule has 1 N–H and O–H groups in total. The van der Waals surface area contributed by atoms with Crippen LogP contribution in [0.25, 0.3) is 0 Å². The third-order valence-electron chi connectivity index (χ3n) is 3.58. The van der Waals surface area contributed by atoms with Crippen molar-refractivity contribution in [3.63, 3.8) is 0 Å². The zero-order valence-electron chi connectivity index (χ0n) is 10.7. The Labute approximate surface area is 102 Å². The number of hydrogen-bond acceptors (Lipinski definition) is 4. The van der Waals surface area contributed by atoms with E-state index in [2.05, 4.69) is 5.32 Å². The molecule has 0 aliphatic carbocycles. The molecule has 2 rings (SSSR count). The van der Waals surface area contributed by atoms with Gasteiger partial charge in [-0.2, -0.15) is 0 Å². The summed E-state index contributed by atoms with van der Waals surface area (Å²) in [4.78, 5) is 13.8. The topological polar surface area (TPSA) is 50.8 Å². The summed E-state index contributed by atoms with van der Waals surface area (Å²) < 4.78 is 10.8. The third-order valence-corrected chi connectivity index (χ3v) is 3.58. The second-order valence-corrected chi connectivity index (χ2v) is 5.29. The number of likely N-dealkylation sites (tertiary alicyclic amines) is 1. The Balaban J connectivity index is 1.70. The SMILES string of the molecule is COCC1CCN(C(=O)COC2(C)CNC2)C1. The minimum absolute atomic E-state index is 0.108. The van der Waals surface area contributed by atoms with E-state index in [4.69, 9.17) is 9.47 Å². The van der Waals surface area contributed by atoms with Crippen LogP contribution in [0.3, 0.4) is 0 Å². The fourth-order valence-corrected chi connectivity index (χ4v) is 2.34. The standard InChI is InChI=1S/C12H22N2O3/c1-12(8-13-9-12)17-7-11(15)14-4-3-10(5-14)6-16-2/h10,13H,3-9H2,1-2H3. The molecule has 2 fully saturated rings. The molecule has 1 atom stereocenters. The highest BCUT2D eigenvalue weighted by Crippen LogP contribution is 2.18. The Morgan fingerprint density at radius 1 is 1.53 bits per heavy atom. The number of ether oxygens (including phenoxy) is 2. The van der Waals surface area contributed by atoms with Crippen molar-refractivity contribution in [1.29, 1.82) is 0 Å². The molecule has 5 nitrogen and oxygen atoms in total. The summed E-state index contributed by atoms with van der Waals surface area (Å²) in [7, 11) is 1.71. The van der Waals surface area contributed by atoms with Gasteiger partial charge in [-0.05, 0) is 13.3 Å². The summed E-state index contributed by atoms with van der Waals surface area (Å²) >= 11 is 0. The monoisotopic (exact) mass is 242 g/mol. The first kappa shape index (κ1) is 12.8. The van der Waals surface area contributed by atoms with Gasteiger partial charge in [0.2, 0.25) is 5.91 Å². The number of hydrogen-bond donors (Lipinski definition) is 1. The van der Waals surface area contributed by atoms with E-state index in [0.29, 0.717) is 5.92 Å². The van der Waals surface area contributed by atoms with Crippen LogP contribution >= 0.6 is 0 Å². The smallest absolute Gasteiger partial charge is 0.248 e. The second kappa shape index (κ2) is 5.33. The first-order chi connectivity index (χ1) is 8.13. The number of nitrogens with one attached hydrogen (secondary N) is 1. The van der Waals surface area contributed by atoms with Crippen LogP contribution < -0.4 is 5.32 Å². The summed E-state index contributed by atoms with van der Waals surface area (Å²) in [6.07, 6.45) is 1.04. The maximum Gasteiger partial charge on any atom is 0.248 e. The Morgan fingerprint density at radius 2 is 2.29 bits per heavy atom. The Kier molecular flexibility index (Phi) is 4.01. The molecule has 2 heterocycles. The maximum atomic E-state index is 11.9. The molecule has 1 amide bonds. The molecule has 98 valence electrons. The van der Waals surface area contributed by atoms with Gasteiger partial charge in [-0.1, -0.05) is 0 Å². The van der Waals surface area contributed by atoms with E-state index >= 15 is 0 Å². The molecule has 0 aromatic rings. The number of rotatable bonds is 5. The van der Waals surface area contributed by atoms with Crippen LogP contribution in [0.4, 0.5) is 0 Å². The Hall–Kier alpha value is -0.650. The maximum absolute atomic E-state index is 11.9. The molecule has 0 aromatic heterocycles. The molecule has 0 spiro atoms. The van der Waals surface area contributed by atoms with Crippen LogP contribution in [0.2, 0.25) is 0 Å². The van der Waals surface area contributed by atoms with Crippen LogP contribution in [0.5, 0.6) is 0 Å². The molecule has 0 aromatic carbocycles. The van der Waals surface area contributed by atoms with Gasteiger partial charge in [-0.3, -0.25) is 4.79 Å². The van der Waals surface area contributed by atoms with Gasteiger partial charge in [0, 0.05) is 39.2 Å². The summed E-state index contributed by atoms with van der Waals surface area (Å²) in [5.74, 6) is 0.599. The predicted molar refractivity (Wildman–Crippen MR) is 63.8 cm³/mol. The van der Waals surface area contributed by atoms with E-state index in [9.17, 15) is 4.79 Å². The van der Waals surface area contributed by atoms with E-state index in [-0.39, 0.29) is 18.1 Å². The highest BCUT2D eigenvalue weighted by molar-refractivity contribution is 5.77. The van der Waals surface area contributed by atoms with Crippen molar-refractivity contribution in [2.24, 2.45) is 5.92 Å². The minimum atomic E-state index is -0.138. The summed E-state index contributed by atoms with van der Waals surface area (Å²) in [6.45, 7) is 6.31. The van der Waals surface area contributed by atoms with Gasteiger partial charge < -0.3 is 19.7 Å². The number of methoxy groups -OCH3 is 1. The highest BCUT2D eigenvalue weighted by atomic mass is 16.5. The van der Waals surface area contributed by atoms with Crippen molar-refractivity contribution in [3.05, 3.63) is 0 Å². The van der Waals surface area contributed by atoms with Gasteiger partial charge in [0.25, 0.3) is 0 Å². The van der Waals surface area contributed by atoms with E-state index in [1.807, 2.05) is 11.8 Å². The predicted octanol–water partition coefficient (Wildman–Crippen LogP) is -0.140. The number of amides is 1. The fourth-order valence-electron chi connectivity index (χ4n) is 2.34. The van der Waals surface area contributed by atoms with Gasteiger partial charge in [0.1, 0.15) is 6.61 Å². The van der Waals surface area contributed by atoms with E-state index < -0.39 is 0 Å². The Morgan fingerprint density at radius 3 is 2.88 bits per heavy atom. The minimum Gasteiger partial charge on any atom is -0.384 e. The molecular formula is C12H22N2O3. The lowest BCUT2D eigenvalue weighted by molar-refractivity contribution is -0.145. The zero-order chi connectivity index (χ0) is 12.3. The molecule has 17 heavy (non-hydrogen) atoms. The van der Waals surface area contributed by atoms with Gasteiger partial charge in [-0.25, -0.2) is 0 Å². The van der Waals surface area contributed by atoms with Crippen molar-refractivity contribution in [3.8, 4) is 0 Å². The molecule has 2 aliphatic heterocycles. The molecule has 2 aliphatic rings. The van der Waals surface area contributed by atoms with Gasteiger partial charge in [0.05, 0.1) is 12.2 Å². The summed E-state index contributed by atoms with van der Waals surface area (Å²) in [5.41, 5.74) is -0.138. The lowest BCUT2D eigenvalue weighted by atomic mass is 10.0. The number of carbonyl (C=O) groups excluding carboxylic acids is 1. The van der Waals surface area contributed by atoms with Crippen molar-refractivity contribution < 1.29 is 14.3 Å². The van der Waals surface area contributed by atoms with Crippen LogP contribution in [0.15, 0.2) is 0 Å². The zero-order valence-corrected chi connectivity index (χ0v) is 10.7. The van der Waals surface area contributed by atoms with Crippen molar-refractivity contribution in [2.45, 2.75) is 18.9 Å². The summed E-state index contributed by atoms with van der Waals surface area (Å²) in [6, 6.07) is 0. The molecule has 0 saturated carbocycles. The molecule has 0 bridgehead atoms. The lowest BCUT2D eigenvalue weighted by Crippen LogP contribution is -2.59. The molecule has 0 radical (unpaired) electrons.